The molecule has 1 saturated carbocycles. The highest BCUT2D eigenvalue weighted by atomic mass is 35.5. The van der Waals surface area contributed by atoms with E-state index in [1.807, 2.05) is 0 Å². The van der Waals surface area contributed by atoms with Gasteiger partial charge in [-0.25, -0.2) is 8.78 Å². The molecule has 0 radical (unpaired) electrons. The molecular weight excluding hydrogens is 250 g/mol. The molecule has 1 heterocycles. The van der Waals surface area contributed by atoms with E-state index < -0.39 is 11.8 Å². The predicted octanol–water partition coefficient (Wildman–Crippen LogP) is 1.65. The highest BCUT2D eigenvalue weighted by molar-refractivity contribution is 5.85. The van der Waals surface area contributed by atoms with E-state index in [4.69, 9.17) is 5.73 Å². The molecule has 0 aromatic rings. The summed E-state index contributed by atoms with van der Waals surface area (Å²) in [4.78, 5) is 13.6. The molecule has 1 aliphatic heterocycles. The van der Waals surface area contributed by atoms with Crippen LogP contribution in [0.3, 0.4) is 0 Å². The maximum absolute atomic E-state index is 12.7. The topological polar surface area (TPSA) is 46.3 Å². The average Bonchev–Trinajstić information content (AvgIpc) is 2.25. The lowest BCUT2D eigenvalue weighted by Gasteiger charge is -2.40. The molecule has 0 bridgehead atoms. The molecular formula is C11H19ClF2N2O. The number of carbonyl (C=O) groups is 1. The van der Waals surface area contributed by atoms with Gasteiger partial charge >= 0.3 is 0 Å². The molecule has 1 saturated heterocycles. The van der Waals surface area contributed by atoms with Gasteiger partial charge < -0.3 is 10.6 Å². The molecule has 100 valence electrons. The van der Waals surface area contributed by atoms with Crippen molar-refractivity contribution in [3.63, 3.8) is 0 Å². The van der Waals surface area contributed by atoms with Crippen LogP contribution in [0.15, 0.2) is 0 Å². The number of nitrogens with two attached hydrogens (primary N) is 1. The zero-order valence-corrected chi connectivity index (χ0v) is 10.5. The third-order valence-electron chi connectivity index (χ3n) is 3.60. The summed E-state index contributed by atoms with van der Waals surface area (Å²) in [5.41, 5.74) is 5.57. The standard InChI is InChI=1S/C11H18F2N2O.ClH/c12-11(13)4-9(5-11)10(16)15-3-1-2-8(6-14)7-15;/h8-9H,1-7,14H2;1H. The average molecular weight is 269 g/mol. The first-order valence-electron chi connectivity index (χ1n) is 5.88. The Labute approximate surface area is 106 Å². The first kappa shape index (κ1) is 14.6. The number of nitrogens with zero attached hydrogens (tertiary/aromatic N) is 1. The lowest BCUT2D eigenvalue weighted by Crippen LogP contribution is -2.50. The zero-order chi connectivity index (χ0) is 11.8. The van der Waals surface area contributed by atoms with Gasteiger partial charge in [-0.15, -0.1) is 12.4 Å². The number of rotatable bonds is 2. The van der Waals surface area contributed by atoms with Crippen LogP contribution in [0, 0.1) is 11.8 Å². The quantitative estimate of drug-likeness (QED) is 0.828. The van der Waals surface area contributed by atoms with Crippen molar-refractivity contribution in [3.8, 4) is 0 Å². The monoisotopic (exact) mass is 268 g/mol. The molecule has 2 aliphatic rings. The van der Waals surface area contributed by atoms with Crippen LogP contribution in [-0.2, 0) is 4.79 Å². The van der Waals surface area contributed by atoms with Crippen LogP contribution in [0.4, 0.5) is 8.78 Å². The van der Waals surface area contributed by atoms with Gasteiger partial charge in [0, 0.05) is 31.8 Å². The van der Waals surface area contributed by atoms with Gasteiger partial charge in [0.05, 0.1) is 0 Å². The van der Waals surface area contributed by atoms with Crippen LogP contribution in [0.2, 0.25) is 0 Å². The molecule has 1 aliphatic carbocycles. The maximum atomic E-state index is 12.7. The van der Waals surface area contributed by atoms with E-state index in [2.05, 4.69) is 0 Å². The van der Waals surface area contributed by atoms with Crippen LogP contribution < -0.4 is 5.73 Å². The number of alkyl halides is 2. The molecule has 0 spiro atoms. The van der Waals surface area contributed by atoms with Gasteiger partial charge in [0.2, 0.25) is 11.8 Å². The third kappa shape index (κ3) is 3.28. The van der Waals surface area contributed by atoms with Crippen LogP contribution >= 0.6 is 12.4 Å². The van der Waals surface area contributed by atoms with E-state index in [1.54, 1.807) is 4.90 Å². The summed E-state index contributed by atoms with van der Waals surface area (Å²) in [6.07, 6.45) is 1.45. The Morgan fingerprint density at radius 3 is 2.59 bits per heavy atom. The Bertz CT molecular complexity index is 281. The number of halogens is 3. The van der Waals surface area contributed by atoms with Crippen molar-refractivity contribution in [1.82, 2.24) is 4.90 Å². The predicted molar refractivity (Wildman–Crippen MR) is 63.3 cm³/mol. The van der Waals surface area contributed by atoms with Gasteiger partial charge in [0.25, 0.3) is 0 Å². The fraction of sp³-hybridized carbons (Fsp3) is 0.909. The first-order valence-corrected chi connectivity index (χ1v) is 5.88. The molecule has 0 aromatic heterocycles. The minimum atomic E-state index is -2.61. The van der Waals surface area contributed by atoms with Gasteiger partial charge in [-0.3, -0.25) is 4.79 Å². The van der Waals surface area contributed by atoms with Gasteiger partial charge in [-0.2, -0.15) is 0 Å². The van der Waals surface area contributed by atoms with Crippen LogP contribution in [0.1, 0.15) is 25.7 Å². The molecule has 1 atom stereocenters. The van der Waals surface area contributed by atoms with Crippen molar-refractivity contribution in [2.75, 3.05) is 19.6 Å². The van der Waals surface area contributed by atoms with Crippen LogP contribution in [0.5, 0.6) is 0 Å². The minimum Gasteiger partial charge on any atom is -0.342 e. The van der Waals surface area contributed by atoms with Crippen molar-refractivity contribution in [3.05, 3.63) is 0 Å². The van der Waals surface area contributed by atoms with E-state index >= 15 is 0 Å². The lowest BCUT2D eigenvalue weighted by molar-refractivity contribution is -0.161. The van der Waals surface area contributed by atoms with Crippen LogP contribution in [-0.4, -0.2) is 36.4 Å². The maximum Gasteiger partial charge on any atom is 0.249 e. The summed E-state index contributed by atoms with van der Waals surface area (Å²) in [7, 11) is 0. The second kappa shape index (κ2) is 5.48. The molecule has 0 aromatic carbocycles. The highest BCUT2D eigenvalue weighted by Gasteiger charge is 2.49. The largest absolute Gasteiger partial charge is 0.342 e. The van der Waals surface area contributed by atoms with Crippen molar-refractivity contribution in [2.24, 2.45) is 17.6 Å². The van der Waals surface area contributed by atoms with E-state index in [-0.39, 0.29) is 31.2 Å². The lowest BCUT2D eigenvalue weighted by atomic mass is 9.80. The normalized spacial score (nSPS) is 28.2. The molecule has 2 fully saturated rings. The van der Waals surface area contributed by atoms with Gasteiger partial charge in [-0.1, -0.05) is 0 Å². The van der Waals surface area contributed by atoms with Gasteiger partial charge in [-0.05, 0) is 25.3 Å². The highest BCUT2D eigenvalue weighted by Crippen LogP contribution is 2.43. The fourth-order valence-electron chi connectivity index (χ4n) is 2.55. The smallest absolute Gasteiger partial charge is 0.249 e. The number of likely N-dealkylation sites (tertiary alicyclic amines) is 1. The molecule has 3 nitrogen and oxygen atoms in total. The fourth-order valence-corrected chi connectivity index (χ4v) is 2.55. The van der Waals surface area contributed by atoms with Gasteiger partial charge in [0.1, 0.15) is 0 Å². The van der Waals surface area contributed by atoms with Crippen molar-refractivity contribution < 1.29 is 13.6 Å². The van der Waals surface area contributed by atoms with Crippen molar-refractivity contribution >= 4 is 18.3 Å². The zero-order valence-electron chi connectivity index (χ0n) is 9.70. The number of hydrogen-bond acceptors (Lipinski definition) is 2. The second-order valence-corrected chi connectivity index (χ2v) is 4.99. The molecule has 17 heavy (non-hydrogen) atoms. The number of piperidine rings is 1. The summed E-state index contributed by atoms with van der Waals surface area (Å²) >= 11 is 0. The Kier molecular flexibility index (Phi) is 4.72. The van der Waals surface area contributed by atoms with Crippen LogP contribution in [0.25, 0.3) is 0 Å². The number of hydrogen-bond donors (Lipinski definition) is 1. The Morgan fingerprint density at radius 1 is 1.41 bits per heavy atom. The molecule has 1 unspecified atom stereocenters. The summed E-state index contributed by atoms with van der Waals surface area (Å²) in [6, 6.07) is 0. The summed E-state index contributed by atoms with van der Waals surface area (Å²) in [5, 5.41) is 0. The minimum absolute atomic E-state index is 0. The molecule has 2 N–H and O–H groups in total. The third-order valence-corrected chi connectivity index (χ3v) is 3.60. The summed E-state index contributed by atoms with van der Waals surface area (Å²) in [6.45, 7) is 1.93. The molecule has 2 rings (SSSR count). The second-order valence-electron chi connectivity index (χ2n) is 4.99. The Morgan fingerprint density at radius 2 is 2.06 bits per heavy atom. The Balaban J connectivity index is 0.00000144. The summed E-state index contributed by atoms with van der Waals surface area (Å²) in [5.74, 6) is -2.81. The molecule has 1 amide bonds. The SMILES string of the molecule is Cl.NCC1CCCN(C(=O)C2CC(F)(F)C2)C1. The van der Waals surface area contributed by atoms with E-state index in [9.17, 15) is 13.6 Å². The summed E-state index contributed by atoms with van der Waals surface area (Å²) < 4.78 is 25.3. The van der Waals surface area contributed by atoms with Gasteiger partial charge in [0.15, 0.2) is 0 Å². The number of amides is 1. The molecule has 6 heteroatoms. The van der Waals surface area contributed by atoms with Crippen molar-refractivity contribution in [2.45, 2.75) is 31.6 Å². The first-order chi connectivity index (χ1) is 7.52. The van der Waals surface area contributed by atoms with E-state index in [1.165, 1.54) is 0 Å². The number of carbonyl (C=O) groups excluding carboxylic acids is 1. The van der Waals surface area contributed by atoms with E-state index in [0.29, 0.717) is 25.6 Å². The Hall–Kier alpha value is -0.420. The van der Waals surface area contributed by atoms with Crippen molar-refractivity contribution in [1.29, 1.82) is 0 Å². The van der Waals surface area contributed by atoms with E-state index in [0.717, 1.165) is 12.8 Å².